The molecule has 0 aliphatic carbocycles. The molecule has 5 nitrogen and oxygen atoms in total. The zero-order chi connectivity index (χ0) is 16.4. The molecule has 2 heterocycles. The Kier molecular flexibility index (Phi) is 4.54. The van der Waals surface area contributed by atoms with Gasteiger partial charge < -0.3 is 10.0 Å². The molecule has 0 bridgehead atoms. The molecule has 1 aliphatic heterocycles. The second-order valence-corrected chi connectivity index (χ2v) is 6.04. The van der Waals surface area contributed by atoms with E-state index in [-0.39, 0.29) is 5.82 Å². The highest BCUT2D eigenvalue weighted by Crippen LogP contribution is 2.26. The van der Waals surface area contributed by atoms with E-state index in [0.717, 1.165) is 30.0 Å². The van der Waals surface area contributed by atoms with Crippen LogP contribution in [0.5, 0.6) is 0 Å². The van der Waals surface area contributed by atoms with Crippen molar-refractivity contribution in [3.8, 4) is 0 Å². The van der Waals surface area contributed by atoms with Crippen LogP contribution < -0.4 is 4.90 Å². The van der Waals surface area contributed by atoms with Crippen LogP contribution >= 0.6 is 0 Å². The normalized spacial score (nSPS) is 16.0. The Bertz CT molecular complexity index is 692. The number of hydrogen-bond acceptors (Lipinski definition) is 5. The van der Waals surface area contributed by atoms with Gasteiger partial charge in [-0.05, 0) is 6.07 Å². The Morgan fingerprint density at radius 2 is 2.09 bits per heavy atom. The summed E-state index contributed by atoms with van der Waals surface area (Å²) in [5.41, 5.74) is 2.49. The lowest BCUT2D eigenvalue weighted by Crippen LogP contribution is -2.35. The third-order valence-corrected chi connectivity index (χ3v) is 4.18. The van der Waals surface area contributed by atoms with Crippen LogP contribution in [0.4, 0.5) is 10.2 Å². The molecular formula is C17H21FN4O. The molecule has 1 aliphatic rings. The lowest BCUT2D eigenvalue weighted by Gasteiger charge is -2.31. The quantitative estimate of drug-likeness (QED) is 0.932. The summed E-state index contributed by atoms with van der Waals surface area (Å²) < 4.78 is 13.8. The van der Waals surface area contributed by atoms with Gasteiger partial charge in [-0.1, -0.05) is 18.2 Å². The summed E-state index contributed by atoms with van der Waals surface area (Å²) in [7, 11) is 3.91. The molecule has 0 unspecified atom stereocenters. The predicted octanol–water partition coefficient (Wildman–Crippen LogP) is 1.77. The first-order valence-electron chi connectivity index (χ1n) is 7.71. The summed E-state index contributed by atoms with van der Waals surface area (Å²) in [5, 5.41) is 10.4. The molecule has 3 rings (SSSR count). The number of aromatic nitrogens is 2. The van der Waals surface area contributed by atoms with Crippen molar-refractivity contribution >= 4 is 5.82 Å². The van der Waals surface area contributed by atoms with Crippen LogP contribution in [-0.2, 0) is 13.0 Å². The molecule has 0 amide bonds. The van der Waals surface area contributed by atoms with Crippen LogP contribution in [0.1, 0.15) is 22.9 Å². The summed E-state index contributed by atoms with van der Waals surface area (Å²) in [6.07, 6.45) is 1.56. The number of rotatable bonds is 4. The topological polar surface area (TPSA) is 52.5 Å². The van der Waals surface area contributed by atoms with E-state index in [9.17, 15) is 9.50 Å². The molecule has 1 N–H and O–H groups in total. The number of β-amino-alcohol motifs (C(OH)–C–C–N with tert-alkyl or cyclic N) is 1. The molecule has 0 saturated heterocycles. The van der Waals surface area contributed by atoms with Gasteiger partial charge in [-0.15, -0.1) is 0 Å². The average Bonchev–Trinajstić information content (AvgIpc) is 2.54. The van der Waals surface area contributed by atoms with E-state index < -0.39 is 6.10 Å². The molecule has 0 spiro atoms. The summed E-state index contributed by atoms with van der Waals surface area (Å²) in [6, 6.07) is 6.38. The first-order chi connectivity index (χ1) is 11.1. The second kappa shape index (κ2) is 6.60. The van der Waals surface area contributed by atoms with Gasteiger partial charge in [-0.2, -0.15) is 0 Å². The standard InChI is InChI=1S/C17H21FN4O/c1-21(2)17-13-9-22(8-7-15(13)19-11-20-17)10-16(23)12-5-3-4-6-14(12)18/h3-6,11,16,23H,7-10H2,1-2H3/t16-/m1/s1. The van der Waals surface area contributed by atoms with Gasteiger partial charge in [0.1, 0.15) is 18.0 Å². The minimum atomic E-state index is -0.842. The highest BCUT2D eigenvalue weighted by molar-refractivity contribution is 5.48. The van der Waals surface area contributed by atoms with E-state index in [1.165, 1.54) is 6.07 Å². The Hall–Kier alpha value is -2.05. The van der Waals surface area contributed by atoms with Crippen LogP contribution in [0.3, 0.4) is 0 Å². The van der Waals surface area contributed by atoms with Crippen LogP contribution in [-0.4, -0.2) is 47.2 Å². The van der Waals surface area contributed by atoms with Crippen molar-refractivity contribution in [3.63, 3.8) is 0 Å². The van der Waals surface area contributed by atoms with E-state index in [1.807, 2.05) is 19.0 Å². The van der Waals surface area contributed by atoms with Crippen molar-refractivity contribution < 1.29 is 9.50 Å². The minimum absolute atomic E-state index is 0.343. The number of nitrogens with zero attached hydrogens (tertiary/aromatic N) is 4. The molecule has 6 heteroatoms. The first-order valence-corrected chi connectivity index (χ1v) is 7.71. The van der Waals surface area contributed by atoms with Crippen LogP contribution in [0, 0.1) is 5.82 Å². The number of aliphatic hydroxyl groups excluding tert-OH is 1. The van der Waals surface area contributed by atoms with Crippen molar-refractivity contribution in [2.75, 3.05) is 32.1 Å². The summed E-state index contributed by atoms with van der Waals surface area (Å²) in [5.74, 6) is 0.537. The van der Waals surface area contributed by atoms with E-state index in [4.69, 9.17) is 0 Å². The molecule has 23 heavy (non-hydrogen) atoms. The molecule has 1 atom stereocenters. The number of fused-ring (bicyclic) bond motifs is 1. The van der Waals surface area contributed by atoms with Gasteiger partial charge in [-0.3, -0.25) is 4.90 Å². The van der Waals surface area contributed by atoms with Gasteiger partial charge in [0, 0.05) is 51.3 Å². The van der Waals surface area contributed by atoms with Crippen LogP contribution in [0.25, 0.3) is 0 Å². The Labute approximate surface area is 135 Å². The molecule has 0 radical (unpaired) electrons. The summed E-state index contributed by atoms with van der Waals surface area (Å²) in [6.45, 7) is 1.85. The van der Waals surface area contributed by atoms with E-state index in [1.54, 1.807) is 24.5 Å². The fourth-order valence-electron chi connectivity index (χ4n) is 3.01. The van der Waals surface area contributed by atoms with E-state index in [2.05, 4.69) is 14.9 Å². The van der Waals surface area contributed by atoms with Crippen LogP contribution in [0.2, 0.25) is 0 Å². The van der Waals surface area contributed by atoms with Gasteiger partial charge in [0.15, 0.2) is 0 Å². The maximum atomic E-state index is 13.8. The average molecular weight is 316 g/mol. The van der Waals surface area contributed by atoms with Crippen molar-refractivity contribution in [1.29, 1.82) is 0 Å². The fraction of sp³-hybridized carbons (Fsp3) is 0.412. The second-order valence-electron chi connectivity index (χ2n) is 6.04. The maximum Gasteiger partial charge on any atom is 0.136 e. The molecule has 0 saturated carbocycles. The Morgan fingerprint density at radius 1 is 1.30 bits per heavy atom. The molecule has 2 aromatic rings. The number of aliphatic hydroxyl groups is 1. The molecule has 0 fully saturated rings. The third-order valence-electron chi connectivity index (χ3n) is 4.18. The number of anilines is 1. The molecule has 1 aromatic heterocycles. The smallest absolute Gasteiger partial charge is 0.136 e. The lowest BCUT2D eigenvalue weighted by atomic mass is 10.0. The minimum Gasteiger partial charge on any atom is -0.387 e. The SMILES string of the molecule is CN(C)c1ncnc2c1CN(C[C@@H](O)c1ccccc1F)CC2. The fourth-order valence-corrected chi connectivity index (χ4v) is 3.01. The van der Waals surface area contributed by atoms with Gasteiger partial charge in [0.05, 0.1) is 11.8 Å². The third kappa shape index (κ3) is 3.33. The maximum absolute atomic E-state index is 13.8. The van der Waals surface area contributed by atoms with Crippen molar-refractivity contribution in [3.05, 3.63) is 53.2 Å². The zero-order valence-electron chi connectivity index (χ0n) is 13.4. The summed E-state index contributed by atoms with van der Waals surface area (Å²) >= 11 is 0. The van der Waals surface area contributed by atoms with Crippen molar-refractivity contribution in [1.82, 2.24) is 14.9 Å². The lowest BCUT2D eigenvalue weighted by molar-refractivity contribution is 0.102. The van der Waals surface area contributed by atoms with Crippen molar-refractivity contribution in [2.24, 2.45) is 0 Å². The van der Waals surface area contributed by atoms with Crippen molar-refractivity contribution in [2.45, 2.75) is 19.1 Å². The highest BCUT2D eigenvalue weighted by atomic mass is 19.1. The molecule has 1 aromatic carbocycles. The van der Waals surface area contributed by atoms with Gasteiger partial charge in [0.25, 0.3) is 0 Å². The Morgan fingerprint density at radius 3 is 2.83 bits per heavy atom. The van der Waals surface area contributed by atoms with E-state index in [0.29, 0.717) is 18.7 Å². The zero-order valence-corrected chi connectivity index (χ0v) is 13.4. The van der Waals surface area contributed by atoms with E-state index >= 15 is 0 Å². The Balaban J connectivity index is 1.76. The number of benzene rings is 1. The summed E-state index contributed by atoms with van der Waals surface area (Å²) in [4.78, 5) is 12.8. The number of hydrogen-bond donors (Lipinski definition) is 1. The number of halogens is 1. The predicted molar refractivity (Wildman–Crippen MR) is 86.7 cm³/mol. The molecule has 122 valence electrons. The van der Waals surface area contributed by atoms with Gasteiger partial charge in [0.2, 0.25) is 0 Å². The monoisotopic (exact) mass is 316 g/mol. The highest BCUT2D eigenvalue weighted by Gasteiger charge is 2.24. The molecular weight excluding hydrogens is 295 g/mol. The van der Waals surface area contributed by atoms with Crippen LogP contribution in [0.15, 0.2) is 30.6 Å². The first kappa shape index (κ1) is 15.8. The largest absolute Gasteiger partial charge is 0.387 e. The van der Waals surface area contributed by atoms with Gasteiger partial charge >= 0.3 is 0 Å². The van der Waals surface area contributed by atoms with Gasteiger partial charge in [-0.25, -0.2) is 14.4 Å².